The first kappa shape index (κ1) is 14.0. The van der Waals surface area contributed by atoms with Crippen LogP contribution in [0.15, 0.2) is 24.3 Å². The van der Waals surface area contributed by atoms with Crippen molar-refractivity contribution in [3.63, 3.8) is 0 Å². The zero-order chi connectivity index (χ0) is 13.7. The van der Waals surface area contributed by atoms with Crippen molar-refractivity contribution in [3.8, 4) is 5.75 Å². The van der Waals surface area contributed by atoms with Gasteiger partial charge in [0.25, 0.3) is 0 Å². The summed E-state index contributed by atoms with van der Waals surface area (Å²) in [6, 6.07) is 7.53. The van der Waals surface area contributed by atoms with Gasteiger partial charge < -0.3 is 14.6 Å². The van der Waals surface area contributed by atoms with Crippen LogP contribution in [0.25, 0.3) is 0 Å². The third-order valence-corrected chi connectivity index (χ3v) is 3.50. The van der Waals surface area contributed by atoms with E-state index < -0.39 is 6.10 Å². The van der Waals surface area contributed by atoms with E-state index in [2.05, 4.69) is 0 Å². The van der Waals surface area contributed by atoms with Crippen LogP contribution in [0.1, 0.15) is 37.4 Å². The van der Waals surface area contributed by atoms with Crippen molar-refractivity contribution in [3.05, 3.63) is 29.8 Å². The molecule has 0 saturated heterocycles. The standard InChI is InChI=1S/C15H20O4/c1-18-14-5-3-2-4-13(14)15(10-16)19-12-8-6-11(17)7-9-12/h2-5,12,15-16H,6-10H2,1H3/t15-/m0/s1. The summed E-state index contributed by atoms with van der Waals surface area (Å²) in [6.45, 7) is -0.0924. The third kappa shape index (κ3) is 3.55. The Morgan fingerprint density at radius 1 is 1.32 bits per heavy atom. The van der Waals surface area contributed by atoms with Crippen molar-refractivity contribution in [2.75, 3.05) is 13.7 Å². The number of methoxy groups -OCH3 is 1. The average molecular weight is 264 g/mol. The summed E-state index contributed by atoms with van der Waals surface area (Å²) in [5.74, 6) is 1.02. The minimum atomic E-state index is -0.394. The molecule has 1 aromatic rings. The number of para-hydroxylation sites is 1. The Bertz CT molecular complexity index is 420. The maximum absolute atomic E-state index is 11.2. The molecule has 1 aliphatic carbocycles. The molecule has 1 aliphatic rings. The molecule has 0 aromatic heterocycles. The molecule has 1 N–H and O–H groups in total. The van der Waals surface area contributed by atoms with Crippen LogP contribution in [0, 0.1) is 0 Å². The van der Waals surface area contributed by atoms with Crippen molar-refractivity contribution in [2.24, 2.45) is 0 Å². The summed E-state index contributed by atoms with van der Waals surface area (Å²) in [6.07, 6.45) is 2.28. The van der Waals surface area contributed by atoms with Gasteiger partial charge in [-0.15, -0.1) is 0 Å². The molecule has 0 spiro atoms. The van der Waals surface area contributed by atoms with Crippen LogP contribution in [0.4, 0.5) is 0 Å². The quantitative estimate of drug-likeness (QED) is 0.886. The predicted molar refractivity (Wildman–Crippen MR) is 71.2 cm³/mol. The molecule has 0 amide bonds. The normalized spacial score (nSPS) is 18.3. The van der Waals surface area contributed by atoms with Crippen LogP contribution in [-0.4, -0.2) is 30.7 Å². The van der Waals surface area contributed by atoms with Gasteiger partial charge in [-0.25, -0.2) is 0 Å². The van der Waals surface area contributed by atoms with E-state index in [4.69, 9.17) is 9.47 Å². The lowest BCUT2D eigenvalue weighted by Crippen LogP contribution is -2.25. The number of carbonyl (C=O) groups excluding carboxylic acids is 1. The molecule has 0 radical (unpaired) electrons. The minimum absolute atomic E-state index is 0.0414. The highest BCUT2D eigenvalue weighted by atomic mass is 16.5. The largest absolute Gasteiger partial charge is 0.496 e. The number of carbonyl (C=O) groups is 1. The molecule has 0 bridgehead atoms. The molecule has 1 saturated carbocycles. The molecule has 2 rings (SSSR count). The molecule has 4 nitrogen and oxygen atoms in total. The van der Waals surface area contributed by atoms with Gasteiger partial charge in [0.1, 0.15) is 17.6 Å². The number of aliphatic hydroxyl groups excluding tert-OH is 1. The molecule has 19 heavy (non-hydrogen) atoms. The van der Waals surface area contributed by atoms with Gasteiger partial charge in [0.05, 0.1) is 19.8 Å². The lowest BCUT2D eigenvalue weighted by molar-refractivity contribution is -0.125. The topological polar surface area (TPSA) is 55.8 Å². The van der Waals surface area contributed by atoms with E-state index in [1.807, 2.05) is 24.3 Å². The van der Waals surface area contributed by atoms with Gasteiger partial charge >= 0.3 is 0 Å². The summed E-state index contributed by atoms with van der Waals surface area (Å²) in [7, 11) is 1.60. The highest BCUT2D eigenvalue weighted by molar-refractivity contribution is 5.79. The average Bonchev–Trinajstić information content (AvgIpc) is 2.46. The van der Waals surface area contributed by atoms with E-state index in [9.17, 15) is 9.90 Å². The van der Waals surface area contributed by atoms with Crippen molar-refractivity contribution < 1.29 is 19.4 Å². The van der Waals surface area contributed by atoms with E-state index in [-0.39, 0.29) is 12.7 Å². The molecule has 0 aliphatic heterocycles. The van der Waals surface area contributed by atoms with Crippen molar-refractivity contribution in [1.29, 1.82) is 0 Å². The smallest absolute Gasteiger partial charge is 0.133 e. The molecule has 1 atom stereocenters. The van der Waals surface area contributed by atoms with Crippen LogP contribution in [-0.2, 0) is 9.53 Å². The Morgan fingerprint density at radius 2 is 2.00 bits per heavy atom. The van der Waals surface area contributed by atoms with Crippen LogP contribution in [0.3, 0.4) is 0 Å². The van der Waals surface area contributed by atoms with E-state index in [1.54, 1.807) is 7.11 Å². The van der Waals surface area contributed by atoms with E-state index in [0.29, 0.717) is 24.4 Å². The molecular formula is C15H20O4. The van der Waals surface area contributed by atoms with Crippen LogP contribution < -0.4 is 4.74 Å². The van der Waals surface area contributed by atoms with Crippen LogP contribution >= 0.6 is 0 Å². The Balaban J connectivity index is 2.05. The monoisotopic (exact) mass is 264 g/mol. The van der Waals surface area contributed by atoms with Gasteiger partial charge in [-0.1, -0.05) is 18.2 Å². The van der Waals surface area contributed by atoms with Gasteiger partial charge in [0.15, 0.2) is 0 Å². The second kappa shape index (κ2) is 6.68. The maximum atomic E-state index is 11.2. The summed E-state index contributed by atoms with van der Waals surface area (Å²) in [4.78, 5) is 11.2. The first-order valence-corrected chi connectivity index (χ1v) is 6.65. The fourth-order valence-electron chi connectivity index (χ4n) is 2.43. The Hall–Kier alpha value is -1.39. The van der Waals surface area contributed by atoms with Crippen LogP contribution in [0.5, 0.6) is 5.75 Å². The number of benzene rings is 1. The molecule has 4 heteroatoms. The van der Waals surface area contributed by atoms with Gasteiger partial charge in [0, 0.05) is 18.4 Å². The van der Waals surface area contributed by atoms with Crippen molar-refractivity contribution in [1.82, 2.24) is 0 Å². The van der Waals surface area contributed by atoms with Crippen molar-refractivity contribution >= 4 is 5.78 Å². The zero-order valence-electron chi connectivity index (χ0n) is 11.2. The fourth-order valence-corrected chi connectivity index (χ4v) is 2.43. The third-order valence-electron chi connectivity index (χ3n) is 3.50. The van der Waals surface area contributed by atoms with Gasteiger partial charge in [-0.2, -0.15) is 0 Å². The summed E-state index contributed by atoms with van der Waals surface area (Å²) >= 11 is 0. The first-order valence-electron chi connectivity index (χ1n) is 6.65. The number of ether oxygens (including phenoxy) is 2. The molecule has 0 unspecified atom stereocenters. The molecule has 104 valence electrons. The summed E-state index contributed by atoms with van der Waals surface area (Å²) in [5.41, 5.74) is 0.851. The summed E-state index contributed by atoms with van der Waals surface area (Å²) in [5, 5.41) is 9.53. The zero-order valence-corrected chi connectivity index (χ0v) is 11.2. The number of aliphatic hydroxyl groups is 1. The fraction of sp³-hybridized carbons (Fsp3) is 0.533. The maximum Gasteiger partial charge on any atom is 0.133 e. The molecule has 0 heterocycles. The predicted octanol–water partition coefficient (Wildman–Crippen LogP) is 2.26. The van der Waals surface area contributed by atoms with Crippen LogP contribution in [0.2, 0.25) is 0 Å². The number of rotatable bonds is 5. The molecule has 1 aromatic carbocycles. The Morgan fingerprint density at radius 3 is 2.63 bits per heavy atom. The Kier molecular flexibility index (Phi) is 4.93. The lowest BCUT2D eigenvalue weighted by atomic mass is 9.96. The second-order valence-electron chi connectivity index (χ2n) is 4.79. The van der Waals surface area contributed by atoms with Gasteiger partial charge in [0.2, 0.25) is 0 Å². The number of ketones is 1. The highest BCUT2D eigenvalue weighted by Crippen LogP contribution is 2.30. The van der Waals surface area contributed by atoms with E-state index in [1.165, 1.54) is 0 Å². The summed E-state index contributed by atoms with van der Waals surface area (Å²) < 4.78 is 11.2. The SMILES string of the molecule is COc1ccccc1[C@H](CO)OC1CCC(=O)CC1. The van der Waals surface area contributed by atoms with Gasteiger partial charge in [-0.3, -0.25) is 4.79 Å². The molecular weight excluding hydrogens is 244 g/mol. The highest BCUT2D eigenvalue weighted by Gasteiger charge is 2.24. The first-order chi connectivity index (χ1) is 9.24. The number of hydrogen-bond donors (Lipinski definition) is 1. The van der Waals surface area contributed by atoms with Crippen molar-refractivity contribution in [2.45, 2.75) is 37.9 Å². The number of hydrogen-bond acceptors (Lipinski definition) is 4. The molecule has 1 fully saturated rings. The number of Topliss-reactive ketones (excluding diaryl/α,β-unsaturated/α-hetero) is 1. The Labute approximate surface area is 113 Å². The second-order valence-corrected chi connectivity index (χ2v) is 4.79. The lowest BCUT2D eigenvalue weighted by Gasteiger charge is -2.27. The van der Waals surface area contributed by atoms with E-state index >= 15 is 0 Å². The minimum Gasteiger partial charge on any atom is -0.496 e. The van der Waals surface area contributed by atoms with E-state index in [0.717, 1.165) is 18.4 Å². The van der Waals surface area contributed by atoms with Gasteiger partial charge in [-0.05, 0) is 18.9 Å².